The first kappa shape index (κ1) is 25.5. The Morgan fingerprint density at radius 2 is 1.69 bits per heavy atom. The molecule has 2 aromatic carbocycles. The number of aromatic carboxylic acids is 1. The van der Waals surface area contributed by atoms with Crippen molar-refractivity contribution in [2.75, 3.05) is 11.9 Å². The fourth-order valence-electron chi connectivity index (χ4n) is 4.24. The van der Waals surface area contributed by atoms with E-state index < -0.39 is 17.2 Å². The van der Waals surface area contributed by atoms with Crippen molar-refractivity contribution in [1.29, 1.82) is 0 Å². The lowest BCUT2D eigenvalue weighted by Crippen LogP contribution is -2.40. The van der Waals surface area contributed by atoms with E-state index in [0.29, 0.717) is 12.2 Å². The molecule has 0 atom stereocenters. The Kier molecular flexibility index (Phi) is 6.96. The molecule has 3 heterocycles. The van der Waals surface area contributed by atoms with Crippen molar-refractivity contribution in [1.82, 2.24) is 19.1 Å². The van der Waals surface area contributed by atoms with Crippen molar-refractivity contribution in [3.8, 4) is 0 Å². The van der Waals surface area contributed by atoms with Gasteiger partial charge in [0.15, 0.2) is 5.65 Å². The minimum atomic E-state index is -1.22. The van der Waals surface area contributed by atoms with Crippen LogP contribution in [0.25, 0.3) is 11.2 Å². The molecule has 0 unspecified atom stereocenters. The second-order valence-corrected chi connectivity index (χ2v) is 9.13. The van der Waals surface area contributed by atoms with Gasteiger partial charge in [-0.25, -0.2) is 14.6 Å². The van der Waals surface area contributed by atoms with E-state index in [9.17, 15) is 24.3 Å². The highest BCUT2D eigenvalue weighted by Gasteiger charge is 2.20. The van der Waals surface area contributed by atoms with Crippen LogP contribution in [0.15, 0.2) is 80.7 Å². The molecule has 39 heavy (non-hydrogen) atoms. The van der Waals surface area contributed by atoms with Crippen LogP contribution in [-0.4, -0.2) is 42.5 Å². The molecule has 198 valence electrons. The molecular formula is C28H25N5O6. The van der Waals surface area contributed by atoms with Crippen LogP contribution in [-0.2, 0) is 24.3 Å². The highest BCUT2D eigenvalue weighted by molar-refractivity contribution is 5.84. The number of carboxylic acids is 1. The number of nitrogens with zero attached hydrogens (tertiary/aromatic N) is 3. The summed E-state index contributed by atoms with van der Waals surface area (Å²) in [5.74, 6) is -0.742. The van der Waals surface area contributed by atoms with E-state index in [4.69, 9.17) is 4.42 Å². The van der Waals surface area contributed by atoms with Crippen LogP contribution in [0.3, 0.4) is 0 Å². The van der Waals surface area contributed by atoms with Crippen molar-refractivity contribution < 1.29 is 19.1 Å². The van der Waals surface area contributed by atoms with Gasteiger partial charge in [-0.15, -0.1) is 0 Å². The monoisotopic (exact) mass is 527 g/mol. The SMILES string of the molecule is CC(=O)CNc1ccc(Cc2nc3c([nH]2)c(=O)n(Cc2ccccc2)c(=O)n3Cc2ccc(C(=O)O)o2)cc1. The molecule has 5 rings (SSSR count). The molecule has 0 amide bonds. The minimum Gasteiger partial charge on any atom is -0.475 e. The number of furan rings is 1. The highest BCUT2D eigenvalue weighted by Crippen LogP contribution is 2.16. The number of hydrogen-bond donors (Lipinski definition) is 3. The number of anilines is 1. The van der Waals surface area contributed by atoms with E-state index in [1.807, 2.05) is 54.6 Å². The van der Waals surface area contributed by atoms with Crippen molar-refractivity contribution in [3.05, 3.63) is 116 Å². The number of carbonyl (C=O) groups is 2. The first-order chi connectivity index (χ1) is 18.8. The highest BCUT2D eigenvalue weighted by atomic mass is 16.4. The molecule has 0 saturated heterocycles. The zero-order chi connectivity index (χ0) is 27.5. The van der Waals surface area contributed by atoms with Crippen LogP contribution in [0.1, 0.15) is 40.2 Å². The largest absolute Gasteiger partial charge is 0.475 e. The Labute approximate surface area is 221 Å². The van der Waals surface area contributed by atoms with Crippen LogP contribution in [0.2, 0.25) is 0 Å². The average Bonchev–Trinajstić information content (AvgIpc) is 3.57. The number of fused-ring (bicyclic) bond motifs is 1. The number of H-pyrrole nitrogens is 1. The van der Waals surface area contributed by atoms with Crippen molar-refractivity contribution >= 4 is 28.6 Å². The van der Waals surface area contributed by atoms with E-state index in [1.165, 1.54) is 23.6 Å². The van der Waals surface area contributed by atoms with Crippen molar-refractivity contribution in [3.63, 3.8) is 0 Å². The summed E-state index contributed by atoms with van der Waals surface area (Å²) in [5.41, 5.74) is 1.68. The molecule has 0 bridgehead atoms. The molecule has 0 spiro atoms. The lowest BCUT2D eigenvalue weighted by Gasteiger charge is -2.10. The van der Waals surface area contributed by atoms with E-state index in [-0.39, 0.29) is 48.1 Å². The van der Waals surface area contributed by atoms with Crippen LogP contribution in [0.4, 0.5) is 5.69 Å². The van der Waals surface area contributed by atoms with Gasteiger partial charge in [-0.05, 0) is 42.3 Å². The Bertz CT molecular complexity index is 1780. The number of ketones is 1. The number of rotatable bonds is 10. The van der Waals surface area contributed by atoms with Gasteiger partial charge in [0.05, 0.1) is 19.6 Å². The molecule has 3 aromatic heterocycles. The summed E-state index contributed by atoms with van der Waals surface area (Å²) >= 11 is 0. The van der Waals surface area contributed by atoms with Crippen LogP contribution < -0.4 is 16.6 Å². The summed E-state index contributed by atoms with van der Waals surface area (Å²) in [7, 11) is 0. The smallest absolute Gasteiger partial charge is 0.371 e. The van der Waals surface area contributed by atoms with Crippen LogP contribution in [0.5, 0.6) is 0 Å². The van der Waals surface area contributed by atoms with Gasteiger partial charge in [-0.3, -0.25) is 18.7 Å². The topological polar surface area (TPSA) is 152 Å². The summed E-state index contributed by atoms with van der Waals surface area (Å²) < 4.78 is 7.80. The van der Waals surface area contributed by atoms with Crippen LogP contribution in [0, 0.1) is 0 Å². The maximum absolute atomic E-state index is 13.6. The number of aromatic nitrogens is 4. The predicted molar refractivity (Wildman–Crippen MR) is 143 cm³/mol. The molecule has 5 aromatic rings. The van der Waals surface area contributed by atoms with Gasteiger partial charge >= 0.3 is 11.7 Å². The number of aromatic amines is 1. The number of nitrogens with one attached hydrogen (secondary N) is 2. The number of benzene rings is 2. The lowest BCUT2D eigenvalue weighted by atomic mass is 10.1. The first-order valence-corrected chi connectivity index (χ1v) is 12.2. The molecule has 0 aliphatic heterocycles. The fraction of sp³-hybridized carbons (Fsp3) is 0.179. The molecule has 11 nitrogen and oxygen atoms in total. The van der Waals surface area contributed by atoms with Crippen LogP contribution >= 0.6 is 0 Å². The zero-order valence-electron chi connectivity index (χ0n) is 21.0. The van der Waals surface area contributed by atoms with Crippen molar-refractivity contribution in [2.45, 2.75) is 26.4 Å². The normalized spacial score (nSPS) is 11.1. The molecule has 0 aliphatic carbocycles. The Hall–Kier alpha value is -5.19. The summed E-state index contributed by atoms with van der Waals surface area (Å²) in [6.07, 6.45) is 0.359. The van der Waals surface area contributed by atoms with E-state index in [1.54, 1.807) is 0 Å². The Morgan fingerprint density at radius 3 is 2.36 bits per heavy atom. The van der Waals surface area contributed by atoms with E-state index >= 15 is 0 Å². The van der Waals surface area contributed by atoms with Gasteiger partial charge < -0.3 is 19.8 Å². The van der Waals surface area contributed by atoms with Crippen molar-refractivity contribution in [2.24, 2.45) is 0 Å². The lowest BCUT2D eigenvalue weighted by molar-refractivity contribution is -0.115. The average molecular weight is 528 g/mol. The third kappa shape index (κ3) is 5.57. The summed E-state index contributed by atoms with van der Waals surface area (Å²) in [5, 5.41) is 12.2. The van der Waals surface area contributed by atoms with Gasteiger partial charge in [0.1, 0.15) is 22.9 Å². The summed E-state index contributed by atoms with van der Waals surface area (Å²) in [4.78, 5) is 57.1. The summed E-state index contributed by atoms with van der Waals surface area (Å²) in [6.45, 7) is 1.68. The second kappa shape index (κ2) is 10.7. The number of Topliss-reactive ketones (excluding diaryl/α,β-unsaturated/α-hetero) is 1. The van der Waals surface area contributed by atoms with Gasteiger partial charge in [-0.2, -0.15) is 0 Å². The molecule has 11 heteroatoms. The molecule has 0 fully saturated rings. The minimum absolute atomic E-state index is 0.0269. The molecular weight excluding hydrogens is 502 g/mol. The number of hydrogen-bond acceptors (Lipinski definition) is 7. The number of carbonyl (C=O) groups excluding carboxylic acids is 1. The first-order valence-electron chi connectivity index (χ1n) is 12.2. The number of carboxylic acid groups (broad SMARTS) is 1. The standard InChI is InChI=1S/C28H25N5O6/c1-17(34)14-29-20-9-7-18(8-10-20)13-23-30-24-25(31-23)32(16-21-11-12-22(39-21)27(36)37)28(38)33(26(24)35)15-19-5-3-2-4-6-19/h2-12,29H,13-16H2,1H3,(H,30,31)(H,36,37). The predicted octanol–water partition coefficient (Wildman–Crippen LogP) is 2.87. The summed E-state index contributed by atoms with van der Waals surface area (Å²) in [6, 6.07) is 19.4. The van der Waals surface area contributed by atoms with E-state index in [0.717, 1.165) is 21.4 Å². The third-order valence-corrected chi connectivity index (χ3v) is 6.15. The number of imidazole rings is 1. The maximum Gasteiger partial charge on any atom is 0.371 e. The fourth-order valence-corrected chi connectivity index (χ4v) is 4.24. The van der Waals surface area contributed by atoms with Gasteiger partial charge in [-0.1, -0.05) is 42.5 Å². The van der Waals surface area contributed by atoms with Gasteiger partial charge in [0.2, 0.25) is 5.76 Å². The molecule has 0 aliphatic rings. The third-order valence-electron chi connectivity index (χ3n) is 6.15. The maximum atomic E-state index is 13.6. The molecule has 3 N–H and O–H groups in total. The van der Waals surface area contributed by atoms with Gasteiger partial charge in [0, 0.05) is 12.1 Å². The van der Waals surface area contributed by atoms with E-state index in [2.05, 4.69) is 15.3 Å². The molecule has 0 saturated carbocycles. The Morgan fingerprint density at radius 1 is 0.949 bits per heavy atom. The Balaban J connectivity index is 1.54. The quantitative estimate of drug-likeness (QED) is 0.251. The van der Waals surface area contributed by atoms with Gasteiger partial charge in [0.25, 0.3) is 5.56 Å². The second-order valence-electron chi connectivity index (χ2n) is 9.13. The molecule has 0 radical (unpaired) electrons. The zero-order valence-corrected chi connectivity index (χ0v) is 21.0.